The molecule has 0 aliphatic carbocycles. The molecule has 0 spiro atoms. The number of halogens is 1. The van der Waals surface area contributed by atoms with Crippen LogP contribution in [0.25, 0.3) is 11.3 Å². The average Bonchev–Trinajstić information content (AvgIpc) is 3.02. The lowest BCUT2D eigenvalue weighted by atomic mass is 10.1. The van der Waals surface area contributed by atoms with Crippen molar-refractivity contribution in [1.29, 1.82) is 0 Å². The van der Waals surface area contributed by atoms with E-state index in [-0.39, 0.29) is 5.91 Å². The van der Waals surface area contributed by atoms with E-state index in [1.807, 2.05) is 48.5 Å². The predicted octanol–water partition coefficient (Wildman–Crippen LogP) is 4.09. The second-order valence-electron chi connectivity index (χ2n) is 4.48. The summed E-state index contributed by atoms with van der Waals surface area (Å²) in [5, 5.41) is 9.70. The molecule has 3 rings (SSSR count). The summed E-state index contributed by atoms with van der Waals surface area (Å²) in [5.74, 6) is -0.142. The summed E-state index contributed by atoms with van der Waals surface area (Å²) in [6.45, 7) is 0. The van der Waals surface area contributed by atoms with Crippen molar-refractivity contribution in [2.45, 2.75) is 0 Å². The predicted molar refractivity (Wildman–Crippen MR) is 86.1 cm³/mol. The Morgan fingerprint density at radius 1 is 1.05 bits per heavy atom. The van der Waals surface area contributed by atoms with Crippen molar-refractivity contribution in [2.75, 3.05) is 5.32 Å². The number of anilines is 1. The highest BCUT2D eigenvalue weighted by Gasteiger charge is 2.09. The van der Waals surface area contributed by atoms with Crippen molar-refractivity contribution in [1.82, 2.24) is 10.2 Å². The maximum Gasteiger partial charge on any atom is 0.256 e. The third-order valence-electron chi connectivity index (χ3n) is 3.07. The standard InChI is InChI=1S/C16H12BrN3O/c17-14-4-2-1-3-13(14)16(21)19-12-7-5-11(6-8-12)15-9-10-18-20-15/h1-10H,(H,18,20)(H,19,21). The molecule has 0 aliphatic rings. The first kappa shape index (κ1) is 13.6. The Labute approximate surface area is 130 Å². The maximum absolute atomic E-state index is 12.2. The van der Waals surface area contributed by atoms with Gasteiger partial charge < -0.3 is 5.32 Å². The van der Waals surface area contributed by atoms with Gasteiger partial charge in [0.05, 0.1) is 11.3 Å². The lowest BCUT2D eigenvalue weighted by Gasteiger charge is -2.07. The zero-order chi connectivity index (χ0) is 14.7. The van der Waals surface area contributed by atoms with E-state index in [0.29, 0.717) is 5.56 Å². The summed E-state index contributed by atoms with van der Waals surface area (Å²) in [7, 11) is 0. The highest BCUT2D eigenvalue weighted by molar-refractivity contribution is 9.10. The van der Waals surface area contributed by atoms with Crippen LogP contribution in [0.1, 0.15) is 10.4 Å². The van der Waals surface area contributed by atoms with E-state index in [2.05, 4.69) is 31.4 Å². The van der Waals surface area contributed by atoms with Crippen molar-refractivity contribution in [3.63, 3.8) is 0 Å². The quantitative estimate of drug-likeness (QED) is 0.753. The van der Waals surface area contributed by atoms with Crippen molar-refractivity contribution >= 4 is 27.5 Å². The molecule has 0 fully saturated rings. The average molecular weight is 342 g/mol. The van der Waals surface area contributed by atoms with Gasteiger partial charge in [0.1, 0.15) is 0 Å². The fraction of sp³-hybridized carbons (Fsp3) is 0. The van der Waals surface area contributed by atoms with Gasteiger partial charge in [0.2, 0.25) is 0 Å². The molecule has 2 N–H and O–H groups in total. The molecule has 0 saturated carbocycles. The first-order valence-electron chi connectivity index (χ1n) is 6.40. The van der Waals surface area contributed by atoms with Crippen LogP contribution in [0.3, 0.4) is 0 Å². The third kappa shape index (κ3) is 3.03. The molecule has 104 valence electrons. The summed E-state index contributed by atoms with van der Waals surface area (Å²) in [4.78, 5) is 12.2. The van der Waals surface area contributed by atoms with Crippen LogP contribution < -0.4 is 5.32 Å². The Morgan fingerprint density at radius 2 is 1.81 bits per heavy atom. The van der Waals surface area contributed by atoms with Gasteiger partial charge in [-0.3, -0.25) is 9.89 Å². The lowest BCUT2D eigenvalue weighted by Crippen LogP contribution is -2.12. The molecule has 3 aromatic rings. The van der Waals surface area contributed by atoms with Gasteiger partial charge in [-0.25, -0.2) is 0 Å². The topological polar surface area (TPSA) is 57.8 Å². The molecule has 0 atom stereocenters. The minimum Gasteiger partial charge on any atom is -0.322 e. The van der Waals surface area contributed by atoms with Crippen LogP contribution in [-0.2, 0) is 0 Å². The van der Waals surface area contributed by atoms with Gasteiger partial charge in [0, 0.05) is 16.4 Å². The number of carbonyl (C=O) groups is 1. The zero-order valence-electron chi connectivity index (χ0n) is 11.0. The van der Waals surface area contributed by atoms with Crippen molar-refractivity contribution in [3.8, 4) is 11.3 Å². The maximum atomic E-state index is 12.2. The molecule has 1 heterocycles. The summed E-state index contributed by atoms with van der Waals surface area (Å²) >= 11 is 3.38. The molecular formula is C16H12BrN3O. The normalized spacial score (nSPS) is 10.3. The smallest absolute Gasteiger partial charge is 0.256 e. The molecule has 2 aromatic carbocycles. The van der Waals surface area contributed by atoms with Crippen LogP contribution in [0.4, 0.5) is 5.69 Å². The van der Waals surface area contributed by atoms with Gasteiger partial charge in [-0.1, -0.05) is 24.3 Å². The lowest BCUT2D eigenvalue weighted by molar-refractivity contribution is 0.102. The van der Waals surface area contributed by atoms with Gasteiger partial charge >= 0.3 is 0 Å². The number of nitrogens with one attached hydrogen (secondary N) is 2. The van der Waals surface area contributed by atoms with Crippen LogP contribution in [0.2, 0.25) is 0 Å². The van der Waals surface area contributed by atoms with Gasteiger partial charge in [-0.15, -0.1) is 0 Å². The number of benzene rings is 2. The largest absolute Gasteiger partial charge is 0.322 e. The number of aromatic amines is 1. The molecule has 0 bridgehead atoms. The Bertz CT molecular complexity index is 751. The number of carbonyl (C=O) groups excluding carboxylic acids is 1. The molecule has 0 aliphatic heterocycles. The zero-order valence-corrected chi connectivity index (χ0v) is 12.6. The number of H-pyrrole nitrogens is 1. The molecule has 0 unspecified atom stereocenters. The molecule has 21 heavy (non-hydrogen) atoms. The number of hydrogen-bond donors (Lipinski definition) is 2. The van der Waals surface area contributed by atoms with Crippen molar-refractivity contribution < 1.29 is 4.79 Å². The summed E-state index contributed by atoms with van der Waals surface area (Å²) in [6, 6.07) is 16.8. The van der Waals surface area contributed by atoms with Gasteiger partial charge in [-0.05, 0) is 51.8 Å². The van der Waals surface area contributed by atoms with Crippen LogP contribution in [0.5, 0.6) is 0 Å². The first-order chi connectivity index (χ1) is 10.2. The number of nitrogens with zero attached hydrogens (tertiary/aromatic N) is 1. The molecule has 1 aromatic heterocycles. The van der Waals surface area contributed by atoms with E-state index < -0.39 is 0 Å². The van der Waals surface area contributed by atoms with Gasteiger partial charge in [0.25, 0.3) is 5.91 Å². The minimum absolute atomic E-state index is 0.142. The Hall–Kier alpha value is -2.40. The summed E-state index contributed by atoms with van der Waals surface area (Å²) in [5.41, 5.74) is 3.32. The number of rotatable bonds is 3. The van der Waals surface area contributed by atoms with Crippen LogP contribution in [0.15, 0.2) is 65.3 Å². The molecule has 5 heteroatoms. The summed E-state index contributed by atoms with van der Waals surface area (Å²) < 4.78 is 0.775. The Kier molecular flexibility index (Phi) is 3.83. The highest BCUT2D eigenvalue weighted by Crippen LogP contribution is 2.21. The molecule has 4 nitrogen and oxygen atoms in total. The minimum atomic E-state index is -0.142. The molecular weight excluding hydrogens is 330 g/mol. The first-order valence-corrected chi connectivity index (χ1v) is 7.19. The van der Waals surface area contributed by atoms with E-state index >= 15 is 0 Å². The molecule has 1 amide bonds. The van der Waals surface area contributed by atoms with Crippen molar-refractivity contribution in [2.24, 2.45) is 0 Å². The van der Waals surface area contributed by atoms with Gasteiger partial charge in [0.15, 0.2) is 0 Å². The van der Waals surface area contributed by atoms with Crippen molar-refractivity contribution in [3.05, 3.63) is 70.8 Å². The second-order valence-corrected chi connectivity index (χ2v) is 5.34. The van der Waals surface area contributed by atoms with E-state index in [4.69, 9.17) is 0 Å². The Morgan fingerprint density at radius 3 is 2.48 bits per heavy atom. The number of amides is 1. The number of aromatic nitrogens is 2. The van der Waals surface area contributed by atoms with E-state index in [9.17, 15) is 4.79 Å². The second kappa shape index (κ2) is 5.93. The molecule has 0 radical (unpaired) electrons. The van der Waals surface area contributed by atoms with Gasteiger partial charge in [-0.2, -0.15) is 5.10 Å². The van der Waals surface area contributed by atoms with E-state index in [0.717, 1.165) is 21.4 Å². The fourth-order valence-electron chi connectivity index (χ4n) is 1.99. The highest BCUT2D eigenvalue weighted by atomic mass is 79.9. The molecule has 0 saturated heterocycles. The fourth-order valence-corrected chi connectivity index (χ4v) is 2.46. The number of hydrogen-bond acceptors (Lipinski definition) is 2. The summed E-state index contributed by atoms with van der Waals surface area (Å²) in [6.07, 6.45) is 1.71. The third-order valence-corrected chi connectivity index (χ3v) is 3.76. The van der Waals surface area contributed by atoms with Crippen LogP contribution in [0, 0.1) is 0 Å². The van der Waals surface area contributed by atoms with Crippen LogP contribution in [-0.4, -0.2) is 16.1 Å². The monoisotopic (exact) mass is 341 g/mol. The van der Waals surface area contributed by atoms with E-state index in [1.165, 1.54) is 0 Å². The SMILES string of the molecule is O=C(Nc1ccc(-c2ccn[nH]2)cc1)c1ccccc1Br. The Balaban J connectivity index is 1.77. The van der Waals surface area contributed by atoms with E-state index in [1.54, 1.807) is 12.3 Å². The van der Waals surface area contributed by atoms with Crippen LogP contribution >= 0.6 is 15.9 Å².